The summed E-state index contributed by atoms with van der Waals surface area (Å²) in [7, 11) is 1.56. The number of carbonyl (C=O) groups excluding carboxylic acids is 1. The maximum absolute atomic E-state index is 12.1. The van der Waals surface area contributed by atoms with Crippen molar-refractivity contribution in [3.8, 4) is 11.5 Å². The lowest BCUT2D eigenvalue weighted by atomic mass is 10.2. The minimum Gasteiger partial charge on any atom is -0.497 e. The van der Waals surface area contributed by atoms with Crippen LogP contribution in [0.25, 0.3) is 0 Å². The van der Waals surface area contributed by atoms with Gasteiger partial charge in [0, 0.05) is 0 Å². The van der Waals surface area contributed by atoms with Gasteiger partial charge in [-0.3, -0.25) is 0 Å². The summed E-state index contributed by atoms with van der Waals surface area (Å²) in [5.74, 6) is 0.452. The smallest absolute Gasteiger partial charge is 0.343 e. The summed E-state index contributed by atoms with van der Waals surface area (Å²) in [6.45, 7) is 0. The molecule has 0 bridgehead atoms. The van der Waals surface area contributed by atoms with Gasteiger partial charge >= 0.3 is 5.97 Å². The number of nitrogens with zero attached hydrogens (tertiary/aromatic N) is 2. The van der Waals surface area contributed by atoms with E-state index in [0.717, 1.165) is 0 Å². The highest BCUT2D eigenvalue weighted by atomic mass is 16.5. The van der Waals surface area contributed by atoms with E-state index in [1.807, 2.05) is 0 Å². The van der Waals surface area contributed by atoms with Gasteiger partial charge in [0.15, 0.2) is 0 Å². The second-order valence-electron chi connectivity index (χ2n) is 4.46. The molecular weight excluding hydrogens is 296 g/mol. The number of rotatable bonds is 5. The van der Waals surface area contributed by atoms with Gasteiger partial charge in [-0.05, 0) is 42.0 Å². The van der Waals surface area contributed by atoms with Gasteiger partial charge in [-0.25, -0.2) is 4.79 Å². The molecule has 7 nitrogen and oxygen atoms in total. The van der Waals surface area contributed by atoms with Crippen molar-refractivity contribution in [3.05, 3.63) is 59.7 Å². The number of methoxy groups -OCH3 is 1. The first-order valence-electron chi connectivity index (χ1n) is 6.67. The second kappa shape index (κ2) is 7.60. The molecule has 0 radical (unpaired) electrons. The lowest BCUT2D eigenvalue weighted by molar-refractivity contribution is 0.0735. The maximum atomic E-state index is 12.1. The van der Waals surface area contributed by atoms with Crippen LogP contribution in [0.5, 0.6) is 11.5 Å². The van der Waals surface area contributed by atoms with Gasteiger partial charge in [0.05, 0.1) is 18.9 Å². The Bertz CT molecular complexity index is 735. The van der Waals surface area contributed by atoms with Gasteiger partial charge in [-0.2, -0.15) is 5.10 Å². The number of esters is 1. The van der Waals surface area contributed by atoms with E-state index in [2.05, 4.69) is 10.2 Å². The first kappa shape index (κ1) is 16.0. The second-order valence-corrected chi connectivity index (χ2v) is 4.46. The third kappa shape index (κ3) is 4.85. The highest BCUT2D eigenvalue weighted by Gasteiger charge is 2.08. The van der Waals surface area contributed by atoms with Crippen molar-refractivity contribution in [3.63, 3.8) is 0 Å². The highest BCUT2D eigenvalue weighted by Crippen LogP contribution is 2.16. The van der Waals surface area contributed by atoms with Crippen LogP contribution in [0.15, 0.2) is 58.7 Å². The molecule has 0 aliphatic rings. The lowest BCUT2D eigenvalue weighted by Crippen LogP contribution is -2.21. The van der Waals surface area contributed by atoms with Crippen molar-refractivity contribution in [2.45, 2.75) is 0 Å². The van der Waals surface area contributed by atoms with Crippen molar-refractivity contribution in [1.29, 1.82) is 0 Å². The summed E-state index contributed by atoms with van der Waals surface area (Å²) in [5, 5.41) is 7.19. The summed E-state index contributed by atoms with van der Waals surface area (Å²) in [6, 6.07) is 13.5. The van der Waals surface area contributed by atoms with E-state index in [-0.39, 0.29) is 5.96 Å². The Hall–Kier alpha value is -3.35. The molecule has 0 atom stereocenters. The van der Waals surface area contributed by atoms with Crippen LogP contribution in [0.1, 0.15) is 15.9 Å². The Morgan fingerprint density at radius 2 is 1.83 bits per heavy atom. The van der Waals surface area contributed by atoms with E-state index < -0.39 is 5.97 Å². The van der Waals surface area contributed by atoms with E-state index in [0.29, 0.717) is 22.6 Å². The molecule has 0 saturated carbocycles. The molecule has 2 rings (SSSR count). The third-order valence-corrected chi connectivity index (χ3v) is 2.77. The molecule has 4 N–H and O–H groups in total. The number of hydrogen-bond donors (Lipinski definition) is 2. The van der Waals surface area contributed by atoms with Crippen LogP contribution in [-0.4, -0.2) is 25.3 Å². The molecule has 23 heavy (non-hydrogen) atoms. The predicted octanol–water partition coefficient (Wildman–Crippen LogP) is 1.52. The topological polar surface area (TPSA) is 112 Å². The summed E-state index contributed by atoms with van der Waals surface area (Å²) >= 11 is 0. The van der Waals surface area contributed by atoms with E-state index in [9.17, 15) is 4.79 Å². The molecular formula is C16H16N4O3. The molecule has 0 aliphatic heterocycles. The lowest BCUT2D eigenvalue weighted by Gasteiger charge is -2.05. The van der Waals surface area contributed by atoms with Crippen LogP contribution in [0.4, 0.5) is 0 Å². The first-order chi connectivity index (χ1) is 11.1. The number of ether oxygens (including phenoxy) is 2. The third-order valence-electron chi connectivity index (χ3n) is 2.77. The zero-order valence-electron chi connectivity index (χ0n) is 12.5. The molecule has 0 aromatic heterocycles. The highest BCUT2D eigenvalue weighted by molar-refractivity contribution is 5.91. The summed E-state index contributed by atoms with van der Waals surface area (Å²) in [4.78, 5) is 12.1. The average molecular weight is 312 g/mol. The Morgan fingerprint density at radius 3 is 2.48 bits per heavy atom. The predicted molar refractivity (Wildman–Crippen MR) is 87.8 cm³/mol. The fraction of sp³-hybridized carbons (Fsp3) is 0.0625. The molecule has 118 valence electrons. The van der Waals surface area contributed by atoms with Gasteiger partial charge in [0.25, 0.3) is 0 Å². The Balaban J connectivity index is 2.08. The zero-order chi connectivity index (χ0) is 16.7. The van der Waals surface area contributed by atoms with Crippen LogP contribution >= 0.6 is 0 Å². The van der Waals surface area contributed by atoms with Crippen molar-refractivity contribution in [2.75, 3.05) is 7.11 Å². The largest absolute Gasteiger partial charge is 0.497 e. The van der Waals surface area contributed by atoms with Crippen molar-refractivity contribution in [2.24, 2.45) is 21.7 Å². The van der Waals surface area contributed by atoms with Gasteiger partial charge in [-0.1, -0.05) is 12.1 Å². The molecule has 0 spiro atoms. The molecule has 0 aliphatic carbocycles. The molecule has 0 heterocycles. The average Bonchev–Trinajstić information content (AvgIpc) is 2.55. The van der Waals surface area contributed by atoms with Crippen LogP contribution in [0.2, 0.25) is 0 Å². The van der Waals surface area contributed by atoms with Gasteiger partial charge < -0.3 is 20.9 Å². The van der Waals surface area contributed by atoms with Crippen LogP contribution < -0.4 is 20.9 Å². The van der Waals surface area contributed by atoms with Crippen molar-refractivity contribution >= 4 is 18.1 Å². The molecule has 2 aromatic carbocycles. The number of benzene rings is 2. The molecule has 0 fully saturated rings. The Kier molecular flexibility index (Phi) is 5.30. The fourth-order valence-electron chi connectivity index (χ4n) is 1.71. The maximum Gasteiger partial charge on any atom is 0.343 e. The zero-order valence-corrected chi connectivity index (χ0v) is 12.5. The van der Waals surface area contributed by atoms with Gasteiger partial charge in [0.2, 0.25) is 5.96 Å². The van der Waals surface area contributed by atoms with E-state index in [1.54, 1.807) is 55.6 Å². The monoisotopic (exact) mass is 312 g/mol. The summed E-state index contributed by atoms with van der Waals surface area (Å²) in [5.41, 5.74) is 11.5. The molecule has 2 aromatic rings. The SMILES string of the molecule is COc1ccc(C(=O)Oc2cccc(C=NN=C(N)N)c2)cc1. The standard InChI is InChI=1S/C16H16N4O3/c1-22-13-7-5-12(6-8-13)15(21)23-14-4-2-3-11(9-14)10-19-20-16(17)18/h2-10H,1H3,(H4,17,18,20). The normalized spacial score (nSPS) is 10.3. The van der Waals surface area contributed by atoms with Crippen molar-refractivity contribution < 1.29 is 14.3 Å². The molecule has 0 saturated heterocycles. The molecule has 0 unspecified atom stereocenters. The Morgan fingerprint density at radius 1 is 1.09 bits per heavy atom. The Labute approximate surface area is 133 Å². The van der Waals surface area contributed by atoms with E-state index in [4.69, 9.17) is 20.9 Å². The molecule has 7 heteroatoms. The van der Waals surface area contributed by atoms with E-state index >= 15 is 0 Å². The minimum atomic E-state index is -0.467. The summed E-state index contributed by atoms with van der Waals surface area (Å²) in [6.07, 6.45) is 1.45. The van der Waals surface area contributed by atoms with Gasteiger partial charge in [-0.15, -0.1) is 5.10 Å². The number of nitrogens with two attached hydrogens (primary N) is 2. The quantitative estimate of drug-likeness (QED) is 0.286. The number of guanidine groups is 1. The van der Waals surface area contributed by atoms with Crippen molar-refractivity contribution in [1.82, 2.24) is 0 Å². The van der Waals surface area contributed by atoms with Crippen LogP contribution in [0, 0.1) is 0 Å². The van der Waals surface area contributed by atoms with Gasteiger partial charge in [0.1, 0.15) is 11.5 Å². The molecule has 0 amide bonds. The number of carbonyl (C=O) groups is 1. The van der Waals surface area contributed by atoms with Crippen LogP contribution in [0.3, 0.4) is 0 Å². The first-order valence-corrected chi connectivity index (χ1v) is 6.67. The fourth-order valence-corrected chi connectivity index (χ4v) is 1.71. The minimum absolute atomic E-state index is 0.136. The van der Waals surface area contributed by atoms with E-state index in [1.165, 1.54) is 6.21 Å². The summed E-state index contributed by atoms with van der Waals surface area (Å²) < 4.78 is 10.4. The van der Waals surface area contributed by atoms with Crippen LogP contribution in [-0.2, 0) is 0 Å². The number of hydrogen-bond acceptors (Lipinski definition) is 5.